The molecule has 4 N–H and O–H groups in total. The van der Waals surface area contributed by atoms with Crippen LogP contribution in [0.4, 0.5) is 17.3 Å². The van der Waals surface area contributed by atoms with E-state index in [1.807, 2.05) is 29.0 Å². The summed E-state index contributed by atoms with van der Waals surface area (Å²) in [6.45, 7) is 2.47. The van der Waals surface area contributed by atoms with E-state index in [1.54, 1.807) is 12.5 Å². The highest BCUT2D eigenvalue weighted by Gasteiger charge is 2.13. The standard InChI is InChI=1S/C18H21N7O2/c19-16-17(21-4-1-6-25-7-5-20-11-25)23-10-24-18(16)22-9-13-2-3-14-15(8-13)27-12-26-14/h2-3,5,7-8,10-11H,1,4,6,9,12,19H2,(H2,21,22,23,24). The number of hydrogen-bond acceptors (Lipinski definition) is 8. The van der Waals surface area contributed by atoms with Crippen LogP contribution < -0.4 is 25.8 Å². The Morgan fingerprint density at radius 1 is 1.11 bits per heavy atom. The van der Waals surface area contributed by atoms with Gasteiger partial charge in [0.25, 0.3) is 0 Å². The molecule has 0 saturated heterocycles. The fraction of sp³-hybridized carbons (Fsp3) is 0.278. The SMILES string of the molecule is Nc1c(NCCCn2ccnc2)ncnc1NCc1ccc2c(c1)OCO2. The number of ether oxygens (including phenoxy) is 2. The summed E-state index contributed by atoms with van der Waals surface area (Å²) in [5, 5.41) is 6.51. The fourth-order valence-corrected chi connectivity index (χ4v) is 2.80. The molecule has 0 bridgehead atoms. The molecular weight excluding hydrogens is 346 g/mol. The third-order valence-corrected chi connectivity index (χ3v) is 4.23. The van der Waals surface area contributed by atoms with E-state index in [4.69, 9.17) is 15.2 Å². The van der Waals surface area contributed by atoms with Gasteiger partial charge in [0.05, 0.1) is 6.33 Å². The quantitative estimate of drug-likeness (QED) is 0.519. The first-order chi connectivity index (χ1) is 13.3. The molecule has 0 saturated carbocycles. The van der Waals surface area contributed by atoms with E-state index in [2.05, 4.69) is 25.6 Å². The number of nitrogens with zero attached hydrogens (tertiary/aromatic N) is 4. The van der Waals surface area contributed by atoms with Gasteiger partial charge in [0, 0.05) is 32.0 Å². The van der Waals surface area contributed by atoms with Crippen LogP contribution >= 0.6 is 0 Å². The minimum Gasteiger partial charge on any atom is -0.454 e. The zero-order valence-electron chi connectivity index (χ0n) is 14.8. The molecule has 0 radical (unpaired) electrons. The van der Waals surface area contributed by atoms with Crippen molar-refractivity contribution in [3.8, 4) is 11.5 Å². The second kappa shape index (κ2) is 7.81. The van der Waals surface area contributed by atoms with Crippen molar-refractivity contribution in [2.75, 3.05) is 29.7 Å². The Labute approximate surface area is 156 Å². The lowest BCUT2D eigenvalue weighted by atomic mass is 10.2. The first-order valence-corrected chi connectivity index (χ1v) is 8.72. The average Bonchev–Trinajstić information content (AvgIpc) is 3.36. The lowest BCUT2D eigenvalue weighted by Gasteiger charge is -2.13. The van der Waals surface area contributed by atoms with Crippen LogP contribution in [0.3, 0.4) is 0 Å². The molecule has 0 amide bonds. The van der Waals surface area contributed by atoms with Crippen molar-refractivity contribution in [2.24, 2.45) is 0 Å². The summed E-state index contributed by atoms with van der Waals surface area (Å²) in [5.41, 5.74) is 7.75. The number of aryl methyl sites for hydroxylation is 1. The predicted octanol–water partition coefficient (Wildman–Crippen LogP) is 2.10. The van der Waals surface area contributed by atoms with E-state index in [1.165, 1.54) is 6.33 Å². The summed E-state index contributed by atoms with van der Waals surface area (Å²) in [6, 6.07) is 5.82. The van der Waals surface area contributed by atoms with Crippen molar-refractivity contribution >= 4 is 17.3 Å². The first-order valence-electron chi connectivity index (χ1n) is 8.72. The van der Waals surface area contributed by atoms with Crippen molar-refractivity contribution in [1.82, 2.24) is 19.5 Å². The van der Waals surface area contributed by atoms with E-state index in [0.29, 0.717) is 23.9 Å². The van der Waals surface area contributed by atoms with Gasteiger partial charge in [0.15, 0.2) is 23.1 Å². The van der Waals surface area contributed by atoms with Gasteiger partial charge in [-0.1, -0.05) is 6.07 Å². The number of imidazole rings is 1. The van der Waals surface area contributed by atoms with E-state index in [0.717, 1.165) is 36.6 Å². The van der Waals surface area contributed by atoms with E-state index < -0.39 is 0 Å². The predicted molar refractivity (Wildman–Crippen MR) is 102 cm³/mol. The Morgan fingerprint density at radius 2 is 1.96 bits per heavy atom. The van der Waals surface area contributed by atoms with Crippen LogP contribution in [0.25, 0.3) is 0 Å². The largest absolute Gasteiger partial charge is 0.454 e. The number of nitrogen functional groups attached to an aromatic ring is 1. The maximum absolute atomic E-state index is 6.20. The molecular formula is C18H21N7O2. The summed E-state index contributed by atoms with van der Waals surface area (Å²) in [6.07, 6.45) is 7.94. The lowest BCUT2D eigenvalue weighted by molar-refractivity contribution is 0.174. The number of hydrogen-bond donors (Lipinski definition) is 3. The van der Waals surface area contributed by atoms with Crippen molar-refractivity contribution in [2.45, 2.75) is 19.5 Å². The highest BCUT2D eigenvalue weighted by molar-refractivity contribution is 5.74. The molecule has 140 valence electrons. The van der Waals surface area contributed by atoms with Gasteiger partial charge in [-0.15, -0.1) is 0 Å². The molecule has 1 aliphatic rings. The molecule has 2 aromatic heterocycles. The normalized spacial score (nSPS) is 12.1. The number of fused-ring (bicyclic) bond motifs is 1. The van der Waals surface area contributed by atoms with Crippen LogP contribution in [0.2, 0.25) is 0 Å². The van der Waals surface area contributed by atoms with Crippen LogP contribution in [-0.4, -0.2) is 32.9 Å². The van der Waals surface area contributed by atoms with Gasteiger partial charge in [-0.05, 0) is 24.1 Å². The molecule has 0 atom stereocenters. The maximum atomic E-state index is 6.20. The molecule has 1 aliphatic heterocycles. The van der Waals surface area contributed by atoms with Crippen LogP contribution in [-0.2, 0) is 13.1 Å². The highest BCUT2D eigenvalue weighted by atomic mass is 16.7. The average molecular weight is 367 g/mol. The van der Waals surface area contributed by atoms with E-state index in [-0.39, 0.29) is 6.79 Å². The molecule has 1 aromatic carbocycles. The fourth-order valence-electron chi connectivity index (χ4n) is 2.80. The van der Waals surface area contributed by atoms with Crippen molar-refractivity contribution < 1.29 is 9.47 Å². The number of rotatable bonds is 8. The smallest absolute Gasteiger partial charge is 0.231 e. The van der Waals surface area contributed by atoms with Gasteiger partial charge < -0.3 is 30.4 Å². The zero-order valence-corrected chi connectivity index (χ0v) is 14.8. The Bertz CT molecular complexity index is 899. The van der Waals surface area contributed by atoms with Crippen LogP contribution in [0.15, 0.2) is 43.2 Å². The molecule has 3 aromatic rings. The van der Waals surface area contributed by atoms with E-state index >= 15 is 0 Å². The Hall–Kier alpha value is -3.49. The second-order valence-electron chi connectivity index (χ2n) is 6.11. The Kier molecular flexibility index (Phi) is 4.91. The number of anilines is 3. The minimum atomic E-state index is 0.265. The second-order valence-corrected chi connectivity index (χ2v) is 6.11. The number of nitrogens with one attached hydrogen (secondary N) is 2. The molecule has 0 unspecified atom stereocenters. The number of aromatic nitrogens is 4. The molecule has 0 spiro atoms. The lowest BCUT2D eigenvalue weighted by Crippen LogP contribution is -2.11. The molecule has 9 nitrogen and oxygen atoms in total. The van der Waals surface area contributed by atoms with Gasteiger partial charge in [0.1, 0.15) is 12.0 Å². The molecule has 27 heavy (non-hydrogen) atoms. The van der Waals surface area contributed by atoms with Crippen molar-refractivity contribution in [3.05, 3.63) is 48.8 Å². The monoisotopic (exact) mass is 367 g/mol. The zero-order chi connectivity index (χ0) is 18.5. The van der Waals surface area contributed by atoms with Crippen LogP contribution in [0.5, 0.6) is 11.5 Å². The molecule has 4 rings (SSSR count). The van der Waals surface area contributed by atoms with Crippen LogP contribution in [0, 0.1) is 0 Å². The Balaban J connectivity index is 1.32. The highest BCUT2D eigenvalue weighted by Crippen LogP contribution is 2.32. The summed E-state index contributed by atoms with van der Waals surface area (Å²) in [7, 11) is 0. The third-order valence-electron chi connectivity index (χ3n) is 4.23. The molecule has 0 fully saturated rings. The summed E-state index contributed by atoms with van der Waals surface area (Å²) < 4.78 is 12.8. The van der Waals surface area contributed by atoms with Gasteiger partial charge >= 0.3 is 0 Å². The van der Waals surface area contributed by atoms with Gasteiger partial charge in [-0.3, -0.25) is 0 Å². The summed E-state index contributed by atoms with van der Waals surface area (Å²) in [4.78, 5) is 12.5. The van der Waals surface area contributed by atoms with Gasteiger partial charge in [0.2, 0.25) is 6.79 Å². The van der Waals surface area contributed by atoms with Crippen molar-refractivity contribution in [1.29, 1.82) is 0 Å². The minimum absolute atomic E-state index is 0.265. The molecule has 3 heterocycles. The summed E-state index contributed by atoms with van der Waals surface area (Å²) in [5.74, 6) is 2.75. The van der Waals surface area contributed by atoms with Crippen molar-refractivity contribution in [3.63, 3.8) is 0 Å². The summed E-state index contributed by atoms with van der Waals surface area (Å²) >= 11 is 0. The molecule has 0 aliphatic carbocycles. The number of nitrogens with two attached hydrogens (primary N) is 1. The maximum Gasteiger partial charge on any atom is 0.231 e. The molecule has 9 heteroatoms. The van der Waals surface area contributed by atoms with E-state index in [9.17, 15) is 0 Å². The van der Waals surface area contributed by atoms with Gasteiger partial charge in [-0.25, -0.2) is 15.0 Å². The van der Waals surface area contributed by atoms with Gasteiger partial charge in [-0.2, -0.15) is 0 Å². The topological polar surface area (TPSA) is 112 Å². The Morgan fingerprint density at radius 3 is 2.81 bits per heavy atom. The van der Waals surface area contributed by atoms with Crippen LogP contribution in [0.1, 0.15) is 12.0 Å². The third kappa shape index (κ3) is 4.02. The number of benzene rings is 1. The first kappa shape index (κ1) is 17.0.